The Kier molecular flexibility index (Phi) is 5.57. The second-order valence-electron chi connectivity index (χ2n) is 4.72. The van der Waals surface area contributed by atoms with E-state index in [9.17, 15) is 9.59 Å². The van der Waals surface area contributed by atoms with Crippen molar-refractivity contribution in [1.82, 2.24) is 5.32 Å². The van der Waals surface area contributed by atoms with Crippen molar-refractivity contribution in [2.75, 3.05) is 11.9 Å². The first-order chi connectivity index (χ1) is 10.5. The Balaban J connectivity index is 1.89. The van der Waals surface area contributed by atoms with Crippen LogP contribution in [0.15, 0.2) is 46.9 Å². The van der Waals surface area contributed by atoms with E-state index in [1.807, 2.05) is 13.0 Å². The number of aryl methyl sites for hydroxylation is 1. The van der Waals surface area contributed by atoms with Crippen LogP contribution in [0.5, 0.6) is 0 Å². The van der Waals surface area contributed by atoms with Gasteiger partial charge in [0.05, 0.1) is 17.3 Å². The summed E-state index contributed by atoms with van der Waals surface area (Å²) in [4.78, 5) is 23.7. The minimum atomic E-state index is -0.337. The zero-order chi connectivity index (χ0) is 16.1. The first kappa shape index (κ1) is 16.5. The monoisotopic (exact) mass is 380 g/mol. The number of amides is 2. The highest BCUT2D eigenvalue weighted by atomic mass is 79.9. The SMILES string of the molecule is Cc1ccc(NC(=O)CNC(=O)c2ccc(Br)cc2)c(Cl)c1. The Hall–Kier alpha value is -1.85. The molecule has 0 aliphatic carbocycles. The summed E-state index contributed by atoms with van der Waals surface area (Å²) in [5.74, 6) is -0.645. The molecule has 0 aromatic heterocycles. The van der Waals surface area contributed by atoms with Crippen molar-refractivity contribution in [2.24, 2.45) is 0 Å². The molecule has 2 N–H and O–H groups in total. The van der Waals surface area contributed by atoms with E-state index in [1.54, 1.807) is 36.4 Å². The van der Waals surface area contributed by atoms with Crippen molar-refractivity contribution in [3.05, 3.63) is 63.1 Å². The highest BCUT2D eigenvalue weighted by Gasteiger charge is 2.09. The average Bonchev–Trinajstić information content (AvgIpc) is 2.48. The van der Waals surface area contributed by atoms with Crippen LogP contribution >= 0.6 is 27.5 Å². The van der Waals surface area contributed by atoms with Gasteiger partial charge in [-0.15, -0.1) is 0 Å². The molecule has 2 amide bonds. The van der Waals surface area contributed by atoms with Crippen molar-refractivity contribution in [3.8, 4) is 0 Å². The van der Waals surface area contributed by atoms with E-state index >= 15 is 0 Å². The van der Waals surface area contributed by atoms with E-state index in [1.165, 1.54) is 0 Å². The van der Waals surface area contributed by atoms with E-state index in [4.69, 9.17) is 11.6 Å². The summed E-state index contributed by atoms with van der Waals surface area (Å²) in [6, 6.07) is 12.2. The van der Waals surface area contributed by atoms with Crippen molar-refractivity contribution in [1.29, 1.82) is 0 Å². The summed E-state index contributed by atoms with van der Waals surface area (Å²) >= 11 is 9.34. The molecule has 0 atom stereocenters. The molecule has 0 heterocycles. The molecule has 0 spiro atoms. The third kappa shape index (κ3) is 4.58. The van der Waals surface area contributed by atoms with Crippen molar-refractivity contribution in [2.45, 2.75) is 6.92 Å². The van der Waals surface area contributed by atoms with Gasteiger partial charge in [0.15, 0.2) is 0 Å². The molecule has 2 rings (SSSR count). The van der Waals surface area contributed by atoms with Gasteiger partial charge in [0.25, 0.3) is 5.91 Å². The van der Waals surface area contributed by atoms with Gasteiger partial charge in [-0.25, -0.2) is 0 Å². The van der Waals surface area contributed by atoms with E-state index in [0.717, 1.165) is 10.0 Å². The second kappa shape index (κ2) is 7.42. The van der Waals surface area contributed by atoms with Crippen LogP contribution in [0.3, 0.4) is 0 Å². The predicted molar refractivity (Wildman–Crippen MR) is 91.3 cm³/mol. The maximum Gasteiger partial charge on any atom is 0.251 e. The molecule has 0 aliphatic rings. The molecule has 114 valence electrons. The van der Waals surface area contributed by atoms with Gasteiger partial charge in [-0.3, -0.25) is 9.59 Å². The van der Waals surface area contributed by atoms with Gasteiger partial charge in [-0.1, -0.05) is 33.6 Å². The third-order valence-corrected chi connectivity index (χ3v) is 3.76. The minimum Gasteiger partial charge on any atom is -0.343 e. The van der Waals surface area contributed by atoms with Crippen LogP contribution in [-0.2, 0) is 4.79 Å². The fourth-order valence-corrected chi connectivity index (χ4v) is 2.33. The van der Waals surface area contributed by atoms with Gasteiger partial charge in [0.1, 0.15) is 0 Å². The summed E-state index contributed by atoms with van der Waals surface area (Å²) in [5.41, 5.74) is 2.02. The van der Waals surface area contributed by atoms with Crippen LogP contribution in [0, 0.1) is 6.92 Å². The molecule has 0 fully saturated rings. The quantitative estimate of drug-likeness (QED) is 0.847. The normalized spacial score (nSPS) is 10.1. The first-order valence-corrected chi connectivity index (χ1v) is 7.72. The molecule has 0 saturated heterocycles. The van der Waals surface area contributed by atoms with Crippen LogP contribution in [0.1, 0.15) is 15.9 Å². The number of carbonyl (C=O) groups excluding carboxylic acids is 2. The summed E-state index contributed by atoms with van der Waals surface area (Å²) in [6.45, 7) is 1.79. The molecule has 0 radical (unpaired) electrons. The minimum absolute atomic E-state index is 0.126. The van der Waals surface area contributed by atoms with E-state index in [2.05, 4.69) is 26.6 Å². The van der Waals surface area contributed by atoms with Crippen LogP contribution < -0.4 is 10.6 Å². The molecule has 6 heteroatoms. The Morgan fingerprint density at radius 1 is 1.14 bits per heavy atom. The Morgan fingerprint density at radius 2 is 1.82 bits per heavy atom. The summed E-state index contributed by atoms with van der Waals surface area (Å²) < 4.78 is 0.885. The summed E-state index contributed by atoms with van der Waals surface area (Å²) in [6.07, 6.45) is 0. The van der Waals surface area contributed by atoms with Gasteiger partial charge in [0.2, 0.25) is 5.91 Å². The number of hydrogen-bond acceptors (Lipinski definition) is 2. The van der Waals surface area contributed by atoms with Gasteiger partial charge in [0, 0.05) is 10.0 Å². The lowest BCUT2D eigenvalue weighted by Gasteiger charge is -2.09. The number of hydrogen-bond donors (Lipinski definition) is 2. The smallest absolute Gasteiger partial charge is 0.251 e. The number of carbonyl (C=O) groups is 2. The third-order valence-electron chi connectivity index (χ3n) is 2.91. The number of anilines is 1. The van der Waals surface area contributed by atoms with Gasteiger partial charge in [-0.2, -0.15) is 0 Å². The van der Waals surface area contributed by atoms with Crippen LogP contribution in [0.2, 0.25) is 5.02 Å². The molecule has 2 aromatic carbocycles. The highest BCUT2D eigenvalue weighted by Crippen LogP contribution is 2.22. The Bertz CT molecular complexity index is 702. The number of rotatable bonds is 4. The molecule has 4 nitrogen and oxygen atoms in total. The van der Waals surface area contributed by atoms with Crippen molar-refractivity contribution < 1.29 is 9.59 Å². The Labute approximate surface area is 142 Å². The molecular formula is C16H14BrClN2O2. The topological polar surface area (TPSA) is 58.2 Å². The maximum atomic E-state index is 11.9. The van der Waals surface area contributed by atoms with Crippen LogP contribution in [0.4, 0.5) is 5.69 Å². The molecule has 22 heavy (non-hydrogen) atoms. The fourth-order valence-electron chi connectivity index (χ4n) is 1.78. The van der Waals surface area contributed by atoms with Gasteiger partial charge >= 0.3 is 0 Å². The number of benzene rings is 2. The van der Waals surface area contributed by atoms with Crippen LogP contribution in [-0.4, -0.2) is 18.4 Å². The fraction of sp³-hybridized carbons (Fsp3) is 0.125. The average molecular weight is 382 g/mol. The zero-order valence-electron chi connectivity index (χ0n) is 11.8. The molecule has 0 aliphatic heterocycles. The van der Waals surface area contributed by atoms with E-state index in [-0.39, 0.29) is 18.4 Å². The lowest BCUT2D eigenvalue weighted by atomic mass is 10.2. The lowest BCUT2D eigenvalue weighted by molar-refractivity contribution is -0.115. The first-order valence-electron chi connectivity index (χ1n) is 6.55. The van der Waals surface area contributed by atoms with Crippen molar-refractivity contribution in [3.63, 3.8) is 0 Å². The predicted octanol–water partition coefficient (Wildman–Crippen LogP) is 3.78. The largest absolute Gasteiger partial charge is 0.343 e. The Morgan fingerprint density at radius 3 is 2.45 bits per heavy atom. The molecule has 0 unspecified atom stereocenters. The van der Waals surface area contributed by atoms with Crippen LogP contribution in [0.25, 0.3) is 0 Å². The van der Waals surface area contributed by atoms with Gasteiger partial charge in [-0.05, 0) is 48.9 Å². The lowest BCUT2D eigenvalue weighted by Crippen LogP contribution is -2.32. The zero-order valence-corrected chi connectivity index (χ0v) is 14.2. The molecule has 2 aromatic rings. The van der Waals surface area contributed by atoms with Crippen molar-refractivity contribution >= 4 is 45.0 Å². The summed E-state index contributed by atoms with van der Waals surface area (Å²) in [7, 11) is 0. The summed E-state index contributed by atoms with van der Waals surface area (Å²) in [5, 5.41) is 5.69. The number of halogens is 2. The number of nitrogens with one attached hydrogen (secondary N) is 2. The maximum absolute atomic E-state index is 11.9. The second-order valence-corrected chi connectivity index (χ2v) is 6.04. The molecular weight excluding hydrogens is 368 g/mol. The van der Waals surface area contributed by atoms with E-state index in [0.29, 0.717) is 16.3 Å². The highest BCUT2D eigenvalue weighted by molar-refractivity contribution is 9.10. The standard InChI is InChI=1S/C16H14BrClN2O2/c1-10-2-7-14(13(18)8-10)20-15(21)9-19-16(22)11-3-5-12(17)6-4-11/h2-8H,9H2,1H3,(H,19,22)(H,20,21). The molecule has 0 bridgehead atoms. The molecule has 0 saturated carbocycles. The van der Waals surface area contributed by atoms with Gasteiger partial charge < -0.3 is 10.6 Å². The van der Waals surface area contributed by atoms with E-state index < -0.39 is 0 Å².